The quantitative estimate of drug-likeness (QED) is 0.0819. The van der Waals surface area contributed by atoms with Gasteiger partial charge in [-0.25, -0.2) is 0 Å². The van der Waals surface area contributed by atoms with Gasteiger partial charge in [0.25, 0.3) is 0 Å². The first kappa shape index (κ1) is 33.0. The van der Waals surface area contributed by atoms with Gasteiger partial charge in [-0.15, -0.1) is 0 Å². The summed E-state index contributed by atoms with van der Waals surface area (Å²) in [5.74, 6) is 0.133. The predicted octanol–water partition coefficient (Wildman–Crippen LogP) is 2.82. The molecule has 2 atom stereocenters. The van der Waals surface area contributed by atoms with Gasteiger partial charge in [0.2, 0.25) is 0 Å². The van der Waals surface area contributed by atoms with Crippen LogP contribution in [0.1, 0.15) is 73.6 Å². The highest BCUT2D eigenvalue weighted by atomic mass is 16.5. The number of phenols is 2. The number of hydrogen-bond acceptors (Lipinski definition) is 9. The Kier molecular flexibility index (Phi) is 16.7. The van der Waals surface area contributed by atoms with Gasteiger partial charge in [0.15, 0.2) is 0 Å². The SMILES string of the molecule is OCc1cc(CC(O)NCCCCCCOCCCCCCN[C@H](O)Cc2ccc(O)c(CO)c2)ccc1O. The van der Waals surface area contributed by atoms with Crippen molar-refractivity contribution in [2.75, 3.05) is 26.3 Å². The molecule has 2 rings (SSSR count). The van der Waals surface area contributed by atoms with Crippen molar-refractivity contribution in [2.45, 2.75) is 89.9 Å². The maximum Gasteiger partial charge on any atom is 0.121 e. The predicted molar refractivity (Wildman–Crippen MR) is 151 cm³/mol. The number of aliphatic hydroxyl groups excluding tert-OH is 4. The van der Waals surface area contributed by atoms with Crippen LogP contribution in [0.4, 0.5) is 0 Å². The minimum atomic E-state index is -0.656. The van der Waals surface area contributed by atoms with Crippen LogP contribution in [0, 0.1) is 0 Å². The Morgan fingerprint density at radius 3 is 1.41 bits per heavy atom. The van der Waals surface area contributed by atoms with E-state index in [2.05, 4.69) is 10.6 Å². The Balaban J connectivity index is 1.35. The minimum absolute atomic E-state index is 0.0665. The third-order valence-corrected chi connectivity index (χ3v) is 6.68. The zero-order chi connectivity index (χ0) is 28.3. The summed E-state index contributed by atoms with van der Waals surface area (Å²) in [6.07, 6.45) is 7.89. The molecule has 0 saturated heterocycles. The van der Waals surface area contributed by atoms with E-state index in [1.807, 2.05) is 0 Å². The van der Waals surface area contributed by atoms with Crippen LogP contribution in [0.5, 0.6) is 11.5 Å². The summed E-state index contributed by atoms with van der Waals surface area (Å²) in [6.45, 7) is 2.56. The molecule has 0 aliphatic rings. The number of aromatic hydroxyl groups is 2. The van der Waals surface area contributed by atoms with Gasteiger partial charge in [0.05, 0.1) is 13.2 Å². The summed E-state index contributed by atoms with van der Waals surface area (Å²) in [5.41, 5.74) is 2.66. The second-order valence-electron chi connectivity index (χ2n) is 10.0. The summed E-state index contributed by atoms with van der Waals surface area (Å²) >= 11 is 0. The Labute approximate surface area is 232 Å². The highest BCUT2D eigenvalue weighted by Gasteiger charge is 2.09. The maximum atomic E-state index is 10.1. The van der Waals surface area contributed by atoms with Crippen LogP contribution in [0.25, 0.3) is 0 Å². The molecule has 220 valence electrons. The topological polar surface area (TPSA) is 155 Å². The van der Waals surface area contributed by atoms with E-state index in [9.17, 15) is 30.6 Å². The Morgan fingerprint density at radius 1 is 0.590 bits per heavy atom. The molecule has 9 nitrogen and oxygen atoms in total. The third-order valence-electron chi connectivity index (χ3n) is 6.68. The van der Waals surface area contributed by atoms with E-state index in [0.29, 0.717) is 24.0 Å². The summed E-state index contributed by atoms with van der Waals surface area (Å²) in [7, 11) is 0. The van der Waals surface area contributed by atoms with Gasteiger partial charge in [-0.3, -0.25) is 10.6 Å². The molecule has 1 unspecified atom stereocenters. The summed E-state index contributed by atoms with van der Waals surface area (Å²) in [4.78, 5) is 0. The van der Waals surface area contributed by atoms with Crippen molar-refractivity contribution in [3.8, 4) is 11.5 Å². The average Bonchev–Trinajstić information content (AvgIpc) is 2.92. The first-order valence-electron chi connectivity index (χ1n) is 14.2. The van der Waals surface area contributed by atoms with Crippen molar-refractivity contribution in [1.29, 1.82) is 0 Å². The van der Waals surface area contributed by atoms with Crippen LogP contribution in [0.2, 0.25) is 0 Å². The van der Waals surface area contributed by atoms with Crippen LogP contribution in [-0.2, 0) is 30.8 Å². The summed E-state index contributed by atoms with van der Waals surface area (Å²) in [5, 5.41) is 64.2. The first-order valence-corrected chi connectivity index (χ1v) is 14.2. The molecule has 0 bridgehead atoms. The van der Waals surface area contributed by atoms with Crippen LogP contribution < -0.4 is 10.6 Å². The number of aliphatic hydroxyl groups is 4. The molecule has 0 heterocycles. The fraction of sp³-hybridized carbons (Fsp3) is 0.600. The number of unbranched alkanes of at least 4 members (excludes halogenated alkanes) is 6. The van der Waals surface area contributed by atoms with Crippen LogP contribution in [-0.4, -0.2) is 69.4 Å². The van der Waals surface area contributed by atoms with E-state index >= 15 is 0 Å². The zero-order valence-electron chi connectivity index (χ0n) is 23.0. The lowest BCUT2D eigenvalue weighted by Crippen LogP contribution is -2.31. The van der Waals surface area contributed by atoms with E-state index in [1.165, 1.54) is 0 Å². The molecule has 0 spiro atoms. The highest BCUT2D eigenvalue weighted by Crippen LogP contribution is 2.20. The Morgan fingerprint density at radius 2 is 1.00 bits per heavy atom. The van der Waals surface area contributed by atoms with Gasteiger partial charge in [0, 0.05) is 37.2 Å². The fourth-order valence-corrected chi connectivity index (χ4v) is 4.38. The number of ether oxygens (including phenoxy) is 1. The maximum absolute atomic E-state index is 10.1. The molecule has 0 radical (unpaired) electrons. The highest BCUT2D eigenvalue weighted by molar-refractivity contribution is 5.36. The largest absolute Gasteiger partial charge is 0.508 e. The molecule has 0 aromatic heterocycles. The molecular formula is C30H48N2O7. The Hall–Kier alpha value is -2.24. The molecule has 0 saturated carbocycles. The second kappa shape index (κ2) is 19.8. The lowest BCUT2D eigenvalue weighted by Gasteiger charge is -2.14. The molecule has 2 aromatic rings. The molecule has 0 aliphatic heterocycles. The normalized spacial score (nSPS) is 13.0. The third kappa shape index (κ3) is 14.1. The molecule has 0 aliphatic carbocycles. The summed E-state index contributed by atoms with van der Waals surface area (Å²) in [6, 6.07) is 10.0. The number of hydrogen-bond donors (Lipinski definition) is 8. The second-order valence-corrected chi connectivity index (χ2v) is 10.0. The number of rotatable bonds is 22. The van der Waals surface area contributed by atoms with E-state index in [-0.39, 0.29) is 24.7 Å². The molecule has 0 fully saturated rings. The average molecular weight is 549 g/mol. The zero-order valence-corrected chi connectivity index (χ0v) is 23.0. The smallest absolute Gasteiger partial charge is 0.121 e. The van der Waals surface area contributed by atoms with Gasteiger partial charge in [-0.1, -0.05) is 37.8 Å². The van der Waals surface area contributed by atoms with Gasteiger partial charge in [0.1, 0.15) is 24.0 Å². The fourth-order valence-electron chi connectivity index (χ4n) is 4.38. The first-order chi connectivity index (χ1) is 18.9. The van der Waals surface area contributed by atoms with Crippen molar-refractivity contribution >= 4 is 0 Å². The Bertz CT molecular complexity index is 855. The van der Waals surface area contributed by atoms with Crippen LogP contribution in [0.15, 0.2) is 36.4 Å². The minimum Gasteiger partial charge on any atom is -0.508 e. The van der Waals surface area contributed by atoms with E-state index in [4.69, 9.17) is 4.74 Å². The molecule has 9 heteroatoms. The van der Waals surface area contributed by atoms with Crippen molar-refractivity contribution in [2.24, 2.45) is 0 Å². The van der Waals surface area contributed by atoms with Crippen LogP contribution >= 0.6 is 0 Å². The van der Waals surface area contributed by atoms with Crippen molar-refractivity contribution in [3.05, 3.63) is 58.7 Å². The van der Waals surface area contributed by atoms with Gasteiger partial charge < -0.3 is 35.4 Å². The molecule has 39 heavy (non-hydrogen) atoms. The standard InChI is InChI=1S/C30H48N2O7/c33-21-25-17-23(9-11-27(25)35)19-29(37)31-13-5-1-3-7-15-39-16-8-4-2-6-14-32-30(38)20-24-10-12-28(36)26(18-24)22-34/h9-12,17-18,29-38H,1-8,13-16,19-22H2/t29-,30?/m1/s1. The molecule has 8 N–H and O–H groups in total. The van der Waals surface area contributed by atoms with Crippen LogP contribution in [0.3, 0.4) is 0 Å². The molecule has 0 amide bonds. The number of benzene rings is 2. The molecular weight excluding hydrogens is 500 g/mol. The van der Waals surface area contributed by atoms with Gasteiger partial charge in [-0.05, 0) is 74.2 Å². The monoisotopic (exact) mass is 548 g/mol. The van der Waals surface area contributed by atoms with E-state index in [0.717, 1.165) is 88.8 Å². The lowest BCUT2D eigenvalue weighted by atomic mass is 10.1. The van der Waals surface area contributed by atoms with Gasteiger partial charge in [-0.2, -0.15) is 0 Å². The van der Waals surface area contributed by atoms with Crippen molar-refractivity contribution < 1.29 is 35.4 Å². The molecule has 2 aromatic carbocycles. The van der Waals surface area contributed by atoms with Crippen molar-refractivity contribution in [3.63, 3.8) is 0 Å². The van der Waals surface area contributed by atoms with E-state index < -0.39 is 12.5 Å². The summed E-state index contributed by atoms with van der Waals surface area (Å²) < 4.78 is 5.73. The van der Waals surface area contributed by atoms with E-state index in [1.54, 1.807) is 36.4 Å². The lowest BCUT2D eigenvalue weighted by molar-refractivity contribution is 0.123. The van der Waals surface area contributed by atoms with Crippen molar-refractivity contribution in [1.82, 2.24) is 10.6 Å². The van der Waals surface area contributed by atoms with Gasteiger partial charge >= 0.3 is 0 Å². The number of nitrogens with one attached hydrogen (secondary N) is 2.